The highest BCUT2D eigenvalue weighted by molar-refractivity contribution is 5.97. The van der Waals surface area contributed by atoms with Crippen molar-refractivity contribution in [1.82, 2.24) is 4.98 Å². The minimum atomic E-state index is 0.869. The van der Waals surface area contributed by atoms with Gasteiger partial charge in [-0.15, -0.1) is 6.42 Å². The second kappa shape index (κ2) is 6.02. The SMILES string of the molecule is C#Cc1ccc2nc(-c3ccccc3)cc(-c3ccccc3)c2c1. The number of hydrogen-bond acceptors (Lipinski definition) is 1. The molecule has 0 fully saturated rings. The minimum Gasteiger partial charge on any atom is -0.248 e. The zero-order valence-corrected chi connectivity index (χ0v) is 13.1. The van der Waals surface area contributed by atoms with Gasteiger partial charge in [-0.25, -0.2) is 4.98 Å². The summed E-state index contributed by atoms with van der Waals surface area (Å²) in [5.41, 5.74) is 6.21. The molecular weight excluding hydrogens is 290 g/mol. The van der Waals surface area contributed by atoms with Crippen molar-refractivity contribution >= 4 is 10.9 Å². The van der Waals surface area contributed by atoms with Crippen LogP contribution < -0.4 is 0 Å². The zero-order chi connectivity index (χ0) is 16.4. The Balaban J connectivity index is 2.04. The average Bonchev–Trinajstić information content (AvgIpc) is 2.68. The second-order valence-corrected chi connectivity index (χ2v) is 5.66. The van der Waals surface area contributed by atoms with Crippen molar-refractivity contribution in [2.45, 2.75) is 0 Å². The highest BCUT2D eigenvalue weighted by Gasteiger charge is 2.09. The van der Waals surface area contributed by atoms with Gasteiger partial charge in [0.2, 0.25) is 0 Å². The summed E-state index contributed by atoms with van der Waals surface area (Å²) < 4.78 is 0. The lowest BCUT2D eigenvalue weighted by Crippen LogP contribution is -1.90. The Bertz CT molecular complexity index is 1040. The van der Waals surface area contributed by atoms with Crippen molar-refractivity contribution in [2.24, 2.45) is 0 Å². The summed E-state index contributed by atoms with van der Waals surface area (Å²) in [6.45, 7) is 0. The molecule has 4 aromatic rings. The molecule has 0 aliphatic rings. The molecule has 0 atom stereocenters. The molecule has 0 radical (unpaired) electrons. The summed E-state index contributed by atoms with van der Waals surface area (Å²) in [6.07, 6.45) is 5.58. The third kappa shape index (κ3) is 2.55. The molecule has 112 valence electrons. The van der Waals surface area contributed by atoms with Crippen molar-refractivity contribution in [3.8, 4) is 34.7 Å². The Morgan fingerprint density at radius 3 is 2.04 bits per heavy atom. The van der Waals surface area contributed by atoms with E-state index in [1.54, 1.807) is 0 Å². The zero-order valence-electron chi connectivity index (χ0n) is 13.1. The first-order chi connectivity index (χ1) is 11.8. The van der Waals surface area contributed by atoms with Gasteiger partial charge in [0, 0.05) is 16.5 Å². The average molecular weight is 305 g/mol. The number of rotatable bonds is 2. The first kappa shape index (κ1) is 14.2. The number of nitrogens with zero attached hydrogens (tertiary/aromatic N) is 1. The number of terminal acetylenes is 1. The van der Waals surface area contributed by atoms with Crippen LogP contribution in [0.15, 0.2) is 84.9 Å². The van der Waals surface area contributed by atoms with Crippen molar-refractivity contribution in [1.29, 1.82) is 0 Å². The van der Waals surface area contributed by atoms with Gasteiger partial charge in [0.1, 0.15) is 0 Å². The first-order valence-electron chi connectivity index (χ1n) is 7.87. The Hall–Kier alpha value is -3.37. The van der Waals surface area contributed by atoms with Crippen molar-refractivity contribution in [3.05, 3.63) is 90.5 Å². The number of aromatic nitrogens is 1. The van der Waals surface area contributed by atoms with Crippen LogP contribution in [-0.4, -0.2) is 4.98 Å². The van der Waals surface area contributed by atoms with Crippen molar-refractivity contribution in [2.75, 3.05) is 0 Å². The molecule has 0 aliphatic carbocycles. The Kier molecular flexibility index (Phi) is 3.57. The lowest BCUT2D eigenvalue weighted by Gasteiger charge is -2.11. The van der Waals surface area contributed by atoms with Gasteiger partial charge < -0.3 is 0 Å². The van der Waals surface area contributed by atoms with Crippen LogP contribution in [0.25, 0.3) is 33.3 Å². The van der Waals surface area contributed by atoms with Gasteiger partial charge in [0.15, 0.2) is 0 Å². The van der Waals surface area contributed by atoms with Gasteiger partial charge in [0.05, 0.1) is 11.2 Å². The summed E-state index contributed by atoms with van der Waals surface area (Å²) in [6, 6.07) is 28.7. The van der Waals surface area contributed by atoms with E-state index in [0.29, 0.717) is 0 Å². The molecule has 1 heteroatoms. The normalized spacial score (nSPS) is 10.5. The first-order valence-corrected chi connectivity index (χ1v) is 7.87. The molecule has 1 aromatic heterocycles. The summed E-state index contributed by atoms with van der Waals surface area (Å²) in [4.78, 5) is 4.84. The van der Waals surface area contributed by atoms with E-state index in [9.17, 15) is 0 Å². The molecule has 0 saturated carbocycles. The van der Waals surface area contributed by atoms with E-state index in [-0.39, 0.29) is 0 Å². The molecule has 0 aliphatic heterocycles. The Morgan fingerprint density at radius 2 is 1.38 bits per heavy atom. The predicted octanol–water partition coefficient (Wildman–Crippen LogP) is 5.55. The van der Waals surface area contributed by atoms with E-state index in [1.165, 1.54) is 0 Å². The summed E-state index contributed by atoms with van der Waals surface area (Å²) in [7, 11) is 0. The molecule has 0 bridgehead atoms. The Labute approximate surface area is 141 Å². The standard InChI is InChI=1S/C23H15N/c1-2-17-13-14-22-21(15-17)20(18-9-5-3-6-10-18)16-23(24-22)19-11-7-4-8-12-19/h1,3-16H. The Morgan fingerprint density at radius 1 is 0.708 bits per heavy atom. The molecule has 0 saturated heterocycles. The molecule has 1 heterocycles. The third-order valence-electron chi connectivity index (χ3n) is 4.13. The van der Waals surface area contributed by atoms with E-state index < -0.39 is 0 Å². The quantitative estimate of drug-likeness (QED) is 0.442. The fourth-order valence-corrected chi connectivity index (χ4v) is 2.93. The van der Waals surface area contributed by atoms with E-state index in [1.807, 2.05) is 42.5 Å². The molecule has 0 unspecified atom stereocenters. The fourth-order valence-electron chi connectivity index (χ4n) is 2.93. The van der Waals surface area contributed by atoms with E-state index in [0.717, 1.165) is 38.9 Å². The summed E-state index contributed by atoms with van der Waals surface area (Å²) in [5.74, 6) is 2.72. The van der Waals surface area contributed by atoms with Crippen LogP contribution in [0.4, 0.5) is 0 Å². The monoisotopic (exact) mass is 305 g/mol. The van der Waals surface area contributed by atoms with Crippen LogP contribution in [0.5, 0.6) is 0 Å². The maximum Gasteiger partial charge on any atom is 0.0716 e. The largest absolute Gasteiger partial charge is 0.248 e. The van der Waals surface area contributed by atoms with Crippen molar-refractivity contribution in [3.63, 3.8) is 0 Å². The molecule has 4 rings (SSSR count). The van der Waals surface area contributed by atoms with Crippen LogP contribution in [0.3, 0.4) is 0 Å². The third-order valence-corrected chi connectivity index (χ3v) is 4.13. The molecule has 24 heavy (non-hydrogen) atoms. The molecule has 1 nitrogen and oxygen atoms in total. The lowest BCUT2D eigenvalue weighted by molar-refractivity contribution is 1.39. The summed E-state index contributed by atoms with van der Waals surface area (Å²) >= 11 is 0. The van der Waals surface area contributed by atoms with E-state index >= 15 is 0 Å². The van der Waals surface area contributed by atoms with E-state index in [4.69, 9.17) is 11.4 Å². The molecule has 0 amide bonds. The number of fused-ring (bicyclic) bond motifs is 1. The predicted molar refractivity (Wildman–Crippen MR) is 101 cm³/mol. The number of pyridine rings is 1. The smallest absolute Gasteiger partial charge is 0.0716 e. The van der Waals surface area contributed by atoms with Crippen LogP contribution in [0.2, 0.25) is 0 Å². The highest BCUT2D eigenvalue weighted by atomic mass is 14.7. The van der Waals surface area contributed by atoms with Gasteiger partial charge in [-0.2, -0.15) is 0 Å². The molecule has 0 spiro atoms. The molecule has 3 aromatic carbocycles. The molecule has 0 N–H and O–H groups in total. The van der Waals surface area contributed by atoms with Gasteiger partial charge in [0.25, 0.3) is 0 Å². The van der Waals surface area contributed by atoms with Gasteiger partial charge in [-0.3, -0.25) is 0 Å². The minimum absolute atomic E-state index is 0.869. The van der Waals surface area contributed by atoms with Crippen LogP contribution in [0, 0.1) is 12.3 Å². The van der Waals surface area contributed by atoms with Crippen LogP contribution in [-0.2, 0) is 0 Å². The fraction of sp³-hybridized carbons (Fsp3) is 0. The second-order valence-electron chi connectivity index (χ2n) is 5.66. The van der Waals surface area contributed by atoms with Crippen LogP contribution >= 0.6 is 0 Å². The van der Waals surface area contributed by atoms with Gasteiger partial charge in [-0.1, -0.05) is 66.6 Å². The van der Waals surface area contributed by atoms with Crippen molar-refractivity contribution < 1.29 is 0 Å². The lowest BCUT2D eigenvalue weighted by atomic mass is 9.97. The van der Waals surface area contributed by atoms with Gasteiger partial charge >= 0.3 is 0 Å². The molecular formula is C23H15N. The topological polar surface area (TPSA) is 12.9 Å². The van der Waals surface area contributed by atoms with Crippen LogP contribution in [0.1, 0.15) is 5.56 Å². The maximum absolute atomic E-state index is 5.58. The summed E-state index contributed by atoms with van der Waals surface area (Å²) in [5, 5.41) is 1.08. The van der Waals surface area contributed by atoms with E-state index in [2.05, 4.69) is 48.4 Å². The number of benzene rings is 3. The number of hydrogen-bond donors (Lipinski definition) is 0. The maximum atomic E-state index is 5.58. The van der Waals surface area contributed by atoms with Gasteiger partial charge in [-0.05, 0) is 35.4 Å². The highest BCUT2D eigenvalue weighted by Crippen LogP contribution is 2.32.